The van der Waals surface area contributed by atoms with E-state index in [1.165, 1.54) is 6.92 Å². The smallest absolute Gasteiger partial charge is 0.372 e. The van der Waals surface area contributed by atoms with Gasteiger partial charge in [-0.25, -0.2) is 4.79 Å². The molecule has 0 aromatic rings. The van der Waals surface area contributed by atoms with E-state index in [1.807, 2.05) is 0 Å². The minimum absolute atomic E-state index is 0.125. The molecule has 0 fully saturated rings. The lowest BCUT2D eigenvalue weighted by Gasteiger charge is -1.95. The minimum atomic E-state index is -2.65. The number of carbonyl (C=O) groups is 1. The Labute approximate surface area is 73.8 Å². The summed E-state index contributed by atoms with van der Waals surface area (Å²) in [5, 5.41) is 7.57. The van der Waals surface area contributed by atoms with Crippen molar-refractivity contribution in [2.45, 2.75) is 13.8 Å². The summed E-state index contributed by atoms with van der Waals surface area (Å²) in [7, 11) is 0. The van der Waals surface area contributed by atoms with Gasteiger partial charge in [-0.05, 0) is 13.8 Å². The van der Waals surface area contributed by atoms with E-state index in [9.17, 15) is 18.0 Å². The third kappa shape index (κ3) is 8.87. The molecule has 0 aliphatic heterocycles. The maximum absolute atomic E-state index is 11.8. The molecule has 0 aromatic carbocycles. The summed E-state index contributed by atoms with van der Waals surface area (Å²) >= 11 is 0. The van der Waals surface area contributed by atoms with Gasteiger partial charge in [0.05, 0.1) is 6.61 Å². The van der Waals surface area contributed by atoms with Crippen LogP contribution in [-0.2, 0) is 9.53 Å². The van der Waals surface area contributed by atoms with Crippen molar-refractivity contribution in [2.75, 3.05) is 13.2 Å². The molecule has 0 amide bonds. The number of aliphatic hydroxyl groups excluding tert-OH is 1. The Hall–Kier alpha value is -1.04. The Bertz CT molecular complexity index is 176. The van der Waals surface area contributed by atoms with Gasteiger partial charge >= 0.3 is 12.0 Å². The summed E-state index contributed by atoms with van der Waals surface area (Å²) in [6.45, 7) is 3.20. The lowest BCUT2D eigenvalue weighted by atomic mass is 10.6. The highest BCUT2D eigenvalue weighted by molar-refractivity contribution is 5.86. The van der Waals surface area contributed by atoms with Crippen LogP contribution in [0.15, 0.2) is 11.9 Å². The highest BCUT2D eigenvalue weighted by Gasteiger charge is 2.15. The van der Waals surface area contributed by atoms with E-state index in [0.717, 1.165) is 0 Å². The van der Waals surface area contributed by atoms with Crippen LogP contribution in [0.4, 0.5) is 13.2 Å². The summed E-state index contributed by atoms with van der Waals surface area (Å²) in [6, 6.07) is 0. The predicted molar refractivity (Wildman–Crippen MR) is 39.7 cm³/mol. The molecule has 0 aliphatic carbocycles. The first kappa shape index (κ1) is 14.5. The fraction of sp³-hybridized carbons (Fsp3) is 0.571. The SMILES string of the molecule is CCO.CCOC(=O)C(F)=C(F)F. The second-order valence-corrected chi connectivity index (χ2v) is 1.61. The molecule has 1 N–H and O–H groups in total. The number of hydrogen-bond donors (Lipinski definition) is 1. The van der Waals surface area contributed by atoms with Gasteiger partial charge in [0.15, 0.2) is 0 Å². The molecule has 0 aromatic heterocycles. The standard InChI is InChI=1S/C5H5F3O2.C2H6O/c1-2-10-5(9)3(6)4(7)8;1-2-3/h2H2,1H3;3H,2H2,1H3. The van der Waals surface area contributed by atoms with E-state index >= 15 is 0 Å². The Morgan fingerprint density at radius 2 is 1.69 bits per heavy atom. The number of ether oxygens (including phenoxy) is 1. The first-order valence-electron chi connectivity index (χ1n) is 3.49. The molecule has 0 spiro atoms. The second-order valence-electron chi connectivity index (χ2n) is 1.61. The van der Waals surface area contributed by atoms with Gasteiger partial charge in [0.25, 0.3) is 5.83 Å². The van der Waals surface area contributed by atoms with Gasteiger partial charge < -0.3 is 9.84 Å². The van der Waals surface area contributed by atoms with Crippen LogP contribution >= 0.6 is 0 Å². The fourth-order valence-electron chi connectivity index (χ4n) is 0.272. The fourth-order valence-corrected chi connectivity index (χ4v) is 0.272. The summed E-state index contributed by atoms with van der Waals surface area (Å²) < 4.78 is 38.1. The van der Waals surface area contributed by atoms with Crippen LogP contribution in [0, 0.1) is 0 Å². The lowest BCUT2D eigenvalue weighted by molar-refractivity contribution is -0.140. The van der Waals surface area contributed by atoms with Gasteiger partial charge in [0.2, 0.25) is 0 Å². The van der Waals surface area contributed by atoms with Crippen molar-refractivity contribution in [3.05, 3.63) is 11.9 Å². The summed E-state index contributed by atoms with van der Waals surface area (Å²) in [5.41, 5.74) is 0. The van der Waals surface area contributed by atoms with Crippen molar-refractivity contribution in [1.82, 2.24) is 0 Å². The Balaban J connectivity index is 0. The largest absolute Gasteiger partial charge is 0.461 e. The Morgan fingerprint density at radius 1 is 1.31 bits per heavy atom. The maximum atomic E-state index is 11.8. The second kappa shape index (κ2) is 9.05. The van der Waals surface area contributed by atoms with Crippen LogP contribution in [0.25, 0.3) is 0 Å². The zero-order chi connectivity index (χ0) is 10.9. The van der Waals surface area contributed by atoms with Crippen molar-refractivity contribution >= 4 is 5.97 Å². The summed E-state index contributed by atoms with van der Waals surface area (Å²) in [6.07, 6.45) is -2.65. The number of esters is 1. The molecule has 78 valence electrons. The molecule has 0 saturated heterocycles. The average molecular weight is 200 g/mol. The monoisotopic (exact) mass is 200 g/mol. The zero-order valence-corrected chi connectivity index (χ0v) is 7.31. The molecule has 0 radical (unpaired) electrons. The van der Waals surface area contributed by atoms with E-state index in [2.05, 4.69) is 4.74 Å². The summed E-state index contributed by atoms with van der Waals surface area (Å²) in [4.78, 5) is 10.0. The van der Waals surface area contributed by atoms with Gasteiger partial charge in [-0.2, -0.15) is 13.2 Å². The van der Waals surface area contributed by atoms with Crippen molar-refractivity contribution in [2.24, 2.45) is 0 Å². The van der Waals surface area contributed by atoms with E-state index in [4.69, 9.17) is 5.11 Å². The molecule has 0 saturated carbocycles. The highest BCUT2D eigenvalue weighted by atomic mass is 19.3. The quantitative estimate of drug-likeness (QED) is 0.544. The molecule has 0 atom stereocenters. The van der Waals surface area contributed by atoms with Crippen molar-refractivity contribution in [3.63, 3.8) is 0 Å². The Kier molecular flexibility index (Phi) is 10.1. The lowest BCUT2D eigenvalue weighted by Crippen LogP contribution is -2.04. The molecule has 0 aliphatic rings. The van der Waals surface area contributed by atoms with E-state index in [-0.39, 0.29) is 13.2 Å². The van der Waals surface area contributed by atoms with Crippen LogP contribution in [-0.4, -0.2) is 24.3 Å². The first-order valence-corrected chi connectivity index (χ1v) is 3.49. The van der Waals surface area contributed by atoms with Crippen LogP contribution in [0.3, 0.4) is 0 Å². The van der Waals surface area contributed by atoms with Crippen molar-refractivity contribution in [1.29, 1.82) is 0 Å². The molecule has 0 rings (SSSR count). The molecule has 6 heteroatoms. The predicted octanol–water partition coefficient (Wildman–Crippen LogP) is 1.63. The van der Waals surface area contributed by atoms with E-state index < -0.39 is 17.9 Å². The van der Waals surface area contributed by atoms with Crippen molar-refractivity contribution < 1.29 is 27.8 Å². The highest BCUT2D eigenvalue weighted by Crippen LogP contribution is 2.09. The molecule has 0 unspecified atom stereocenters. The molecule has 3 nitrogen and oxygen atoms in total. The number of hydrogen-bond acceptors (Lipinski definition) is 3. The maximum Gasteiger partial charge on any atom is 0.372 e. The topological polar surface area (TPSA) is 46.5 Å². The number of rotatable bonds is 2. The molecule has 13 heavy (non-hydrogen) atoms. The van der Waals surface area contributed by atoms with Gasteiger partial charge in [-0.3, -0.25) is 0 Å². The zero-order valence-electron chi connectivity index (χ0n) is 7.31. The summed E-state index contributed by atoms with van der Waals surface area (Å²) in [5.74, 6) is -3.75. The number of carbonyl (C=O) groups excluding carboxylic acids is 1. The number of halogens is 3. The van der Waals surface area contributed by atoms with Crippen LogP contribution in [0.5, 0.6) is 0 Å². The molecule has 0 bridgehead atoms. The normalized spacial score (nSPS) is 8.15. The third-order valence-electron chi connectivity index (χ3n) is 0.621. The van der Waals surface area contributed by atoms with Gasteiger partial charge in [0.1, 0.15) is 0 Å². The first-order chi connectivity index (χ1) is 6.01. The minimum Gasteiger partial charge on any atom is -0.461 e. The van der Waals surface area contributed by atoms with Crippen LogP contribution in [0.2, 0.25) is 0 Å². The average Bonchev–Trinajstić information content (AvgIpc) is 2.04. The third-order valence-corrected chi connectivity index (χ3v) is 0.621. The van der Waals surface area contributed by atoms with Gasteiger partial charge in [0, 0.05) is 6.61 Å². The van der Waals surface area contributed by atoms with E-state index in [0.29, 0.717) is 0 Å². The molecular weight excluding hydrogens is 189 g/mol. The number of aliphatic hydroxyl groups is 1. The van der Waals surface area contributed by atoms with E-state index in [1.54, 1.807) is 6.92 Å². The van der Waals surface area contributed by atoms with Gasteiger partial charge in [-0.1, -0.05) is 0 Å². The van der Waals surface area contributed by atoms with Crippen molar-refractivity contribution in [3.8, 4) is 0 Å². The van der Waals surface area contributed by atoms with Crippen LogP contribution < -0.4 is 0 Å². The van der Waals surface area contributed by atoms with Crippen LogP contribution in [0.1, 0.15) is 13.8 Å². The van der Waals surface area contributed by atoms with Gasteiger partial charge in [-0.15, -0.1) is 0 Å². The Morgan fingerprint density at radius 3 is 1.92 bits per heavy atom. The molecule has 0 heterocycles. The molecular formula is C7H11F3O3.